The molecular weight excluding hydrogens is 498 g/mol. The van der Waals surface area contributed by atoms with Gasteiger partial charge in [-0.2, -0.15) is 5.01 Å². The van der Waals surface area contributed by atoms with Gasteiger partial charge < -0.3 is 4.57 Å². The second kappa shape index (κ2) is 9.70. The maximum Gasteiger partial charge on any atom is 0.285 e. The third-order valence-corrected chi connectivity index (χ3v) is 7.25. The molecule has 0 spiro atoms. The molecule has 0 atom stereocenters. The number of benzene rings is 3. The zero-order chi connectivity index (χ0) is 24.5. The number of aromatic nitrogens is 1. The van der Waals surface area contributed by atoms with Gasteiger partial charge in [0, 0.05) is 39.8 Å². The predicted octanol–water partition coefficient (Wildman–Crippen LogP) is 6.20. The van der Waals surface area contributed by atoms with Crippen molar-refractivity contribution in [1.82, 2.24) is 15.0 Å². The van der Waals surface area contributed by atoms with Crippen LogP contribution in [0.2, 0.25) is 5.02 Å². The van der Waals surface area contributed by atoms with E-state index >= 15 is 0 Å². The number of thioether (sulfide) groups is 1. The minimum Gasteiger partial charge on any atom is -0.342 e. The number of hydrogen-bond acceptors (Lipinski definition) is 4. The summed E-state index contributed by atoms with van der Waals surface area (Å²) in [6.07, 6.45) is 3.88. The maximum atomic E-state index is 13.1. The number of carbonyl (C=O) groups excluding carboxylic acids is 2. The summed E-state index contributed by atoms with van der Waals surface area (Å²) in [5, 5.41) is 2.68. The Kier molecular flexibility index (Phi) is 6.47. The molecule has 1 aliphatic heterocycles. The molecule has 0 radical (unpaired) electrons. The molecule has 0 aliphatic carbocycles. The summed E-state index contributed by atoms with van der Waals surface area (Å²) < 4.78 is 2.45. The fourth-order valence-corrected chi connectivity index (χ4v) is 5.18. The van der Waals surface area contributed by atoms with E-state index in [1.165, 1.54) is 11.1 Å². The molecule has 2 amide bonds. The first-order valence-corrected chi connectivity index (χ1v) is 12.5. The number of hydrazine groups is 1. The molecule has 1 fully saturated rings. The molecule has 0 bridgehead atoms. The Hall–Kier alpha value is -3.39. The van der Waals surface area contributed by atoms with Crippen molar-refractivity contribution in [2.24, 2.45) is 0 Å². The van der Waals surface area contributed by atoms with Crippen molar-refractivity contribution in [3.05, 3.63) is 111 Å². The highest BCUT2D eigenvalue weighted by Gasteiger charge is 2.34. The Morgan fingerprint density at radius 1 is 1.06 bits per heavy atom. The van der Waals surface area contributed by atoms with E-state index in [4.69, 9.17) is 23.8 Å². The maximum absolute atomic E-state index is 13.1. The summed E-state index contributed by atoms with van der Waals surface area (Å²) in [4.78, 5) is 26.2. The van der Waals surface area contributed by atoms with Crippen LogP contribution in [-0.2, 0) is 11.3 Å². The number of carbonyl (C=O) groups is 2. The van der Waals surface area contributed by atoms with Crippen molar-refractivity contribution < 1.29 is 9.59 Å². The van der Waals surface area contributed by atoms with E-state index in [0.717, 1.165) is 33.2 Å². The molecule has 1 saturated heterocycles. The largest absolute Gasteiger partial charge is 0.342 e. The molecule has 1 aromatic heterocycles. The summed E-state index contributed by atoms with van der Waals surface area (Å²) in [6, 6.07) is 23.0. The van der Waals surface area contributed by atoms with Gasteiger partial charge in [0.15, 0.2) is 4.32 Å². The van der Waals surface area contributed by atoms with Gasteiger partial charge in [0.05, 0.1) is 4.91 Å². The van der Waals surface area contributed by atoms with Gasteiger partial charge in [0.2, 0.25) is 0 Å². The highest BCUT2D eigenvalue weighted by atomic mass is 35.5. The molecule has 5 nitrogen and oxygen atoms in total. The molecule has 4 aromatic rings. The molecule has 3 aromatic carbocycles. The van der Waals surface area contributed by atoms with Crippen LogP contribution in [0.1, 0.15) is 27.0 Å². The monoisotopic (exact) mass is 517 g/mol. The highest BCUT2D eigenvalue weighted by molar-refractivity contribution is 8.26. The summed E-state index contributed by atoms with van der Waals surface area (Å²) in [5.74, 6) is -0.799. The Labute approximate surface area is 217 Å². The molecule has 1 aliphatic rings. The summed E-state index contributed by atoms with van der Waals surface area (Å²) in [7, 11) is 0. The number of nitrogens with one attached hydrogen (secondary N) is 1. The van der Waals surface area contributed by atoms with Gasteiger partial charge in [0.1, 0.15) is 0 Å². The first-order valence-electron chi connectivity index (χ1n) is 10.9. The minimum absolute atomic E-state index is 0.270. The molecule has 5 rings (SSSR count). The van der Waals surface area contributed by atoms with Crippen LogP contribution >= 0.6 is 35.6 Å². The number of amides is 2. The predicted molar refractivity (Wildman–Crippen MR) is 146 cm³/mol. The first-order chi connectivity index (χ1) is 16.9. The van der Waals surface area contributed by atoms with Gasteiger partial charge in [-0.3, -0.25) is 15.0 Å². The first kappa shape index (κ1) is 23.4. The number of aryl methyl sites for hydroxylation is 1. The Bertz CT molecular complexity index is 1490. The van der Waals surface area contributed by atoms with Crippen LogP contribution in [0, 0.1) is 6.92 Å². The SMILES string of the molecule is Cc1ccc(Cn2cc(/C=C3\SC(=S)N(NC(=O)c4ccc(Cl)cc4)C3=O)c3ccccc32)cc1. The number of fused-ring (bicyclic) bond motifs is 1. The van der Waals surface area contributed by atoms with E-state index in [2.05, 4.69) is 47.2 Å². The quantitative estimate of drug-likeness (QED) is 0.253. The standard InChI is InChI=1S/C27H20ClN3O2S2/c1-17-6-8-18(9-7-17)15-30-16-20(22-4-2-3-5-23(22)30)14-24-26(33)31(27(34)35-24)29-25(32)19-10-12-21(28)13-11-19/h2-14,16H,15H2,1H3,(H,29,32)/b24-14-. The average molecular weight is 518 g/mol. The second-order valence-electron chi connectivity index (χ2n) is 8.18. The average Bonchev–Trinajstić information content (AvgIpc) is 3.33. The van der Waals surface area contributed by atoms with Gasteiger partial charge in [-0.1, -0.05) is 71.4 Å². The normalized spacial score (nSPS) is 14.8. The van der Waals surface area contributed by atoms with Crippen molar-refractivity contribution in [3.8, 4) is 0 Å². The molecule has 174 valence electrons. The molecule has 8 heteroatoms. The van der Waals surface area contributed by atoms with Crippen molar-refractivity contribution in [2.75, 3.05) is 0 Å². The minimum atomic E-state index is -0.436. The lowest BCUT2D eigenvalue weighted by Crippen LogP contribution is -2.44. The van der Waals surface area contributed by atoms with Crippen LogP contribution in [0.3, 0.4) is 0 Å². The summed E-state index contributed by atoms with van der Waals surface area (Å²) >= 11 is 12.4. The van der Waals surface area contributed by atoms with Gasteiger partial charge in [-0.25, -0.2) is 0 Å². The van der Waals surface area contributed by atoms with Gasteiger partial charge >= 0.3 is 0 Å². The number of halogens is 1. The van der Waals surface area contributed by atoms with E-state index in [-0.39, 0.29) is 10.2 Å². The number of hydrogen-bond donors (Lipinski definition) is 1. The van der Waals surface area contributed by atoms with Gasteiger partial charge in [-0.15, -0.1) is 0 Å². The third-order valence-electron chi connectivity index (χ3n) is 5.69. The van der Waals surface area contributed by atoms with Crippen LogP contribution < -0.4 is 5.43 Å². The van der Waals surface area contributed by atoms with Crippen molar-refractivity contribution in [1.29, 1.82) is 0 Å². The molecule has 2 heterocycles. The van der Waals surface area contributed by atoms with Crippen molar-refractivity contribution in [3.63, 3.8) is 0 Å². The fraction of sp³-hybridized carbons (Fsp3) is 0.0741. The lowest BCUT2D eigenvalue weighted by atomic mass is 10.1. The summed E-state index contributed by atoms with van der Waals surface area (Å²) in [6.45, 7) is 2.79. The van der Waals surface area contributed by atoms with Crippen molar-refractivity contribution >= 4 is 68.7 Å². The van der Waals surface area contributed by atoms with E-state index in [0.29, 0.717) is 22.0 Å². The molecule has 0 unspecified atom stereocenters. The third kappa shape index (κ3) is 4.89. The summed E-state index contributed by atoms with van der Waals surface area (Å²) in [5.41, 5.74) is 7.39. The van der Waals surface area contributed by atoms with Crippen LogP contribution in [0.25, 0.3) is 17.0 Å². The zero-order valence-corrected chi connectivity index (χ0v) is 21.1. The number of para-hydroxylation sites is 1. The van der Waals surface area contributed by atoms with Gasteiger partial charge in [0.25, 0.3) is 11.8 Å². The van der Waals surface area contributed by atoms with Crippen molar-refractivity contribution in [2.45, 2.75) is 13.5 Å². The van der Waals surface area contributed by atoms with Crippen LogP contribution in [0.4, 0.5) is 0 Å². The molecule has 0 saturated carbocycles. The lowest BCUT2D eigenvalue weighted by Gasteiger charge is -2.15. The van der Waals surface area contributed by atoms with Crippen LogP contribution in [0.5, 0.6) is 0 Å². The lowest BCUT2D eigenvalue weighted by molar-refractivity contribution is -0.123. The van der Waals surface area contributed by atoms with E-state index < -0.39 is 5.91 Å². The van der Waals surface area contributed by atoms with E-state index in [1.807, 2.05) is 30.5 Å². The Morgan fingerprint density at radius 3 is 2.51 bits per heavy atom. The Balaban J connectivity index is 1.41. The van der Waals surface area contributed by atoms with E-state index in [9.17, 15) is 9.59 Å². The van der Waals surface area contributed by atoms with Crippen LogP contribution in [-0.4, -0.2) is 25.7 Å². The van der Waals surface area contributed by atoms with Crippen LogP contribution in [0.15, 0.2) is 83.9 Å². The number of thiocarbonyl (C=S) groups is 1. The smallest absolute Gasteiger partial charge is 0.285 e. The second-order valence-corrected chi connectivity index (χ2v) is 10.3. The highest BCUT2D eigenvalue weighted by Crippen LogP contribution is 2.34. The van der Waals surface area contributed by atoms with Gasteiger partial charge in [-0.05, 0) is 61.1 Å². The molecule has 35 heavy (non-hydrogen) atoms. The molecular formula is C27H20ClN3O2S2. The zero-order valence-electron chi connectivity index (χ0n) is 18.7. The topological polar surface area (TPSA) is 54.3 Å². The molecule has 1 N–H and O–H groups in total. The number of nitrogens with zero attached hydrogens (tertiary/aromatic N) is 2. The number of rotatable bonds is 5. The van der Waals surface area contributed by atoms with E-state index in [1.54, 1.807) is 24.3 Å². The fourth-order valence-electron chi connectivity index (χ4n) is 3.88. The Morgan fingerprint density at radius 2 is 1.77 bits per heavy atom.